The molecule has 7 nitrogen and oxygen atoms in total. The highest BCUT2D eigenvalue weighted by Gasteiger charge is 2.46. The lowest BCUT2D eigenvalue weighted by atomic mass is 10.1. The van der Waals surface area contributed by atoms with E-state index in [1.54, 1.807) is 4.90 Å². The first-order valence-corrected chi connectivity index (χ1v) is 9.29. The van der Waals surface area contributed by atoms with E-state index in [2.05, 4.69) is 24.3 Å². The molecular weight excluding hydrogens is 348 g/mol. The molecule has 1 aromatic rings. The van der Waals surface area contributed by atoms with Gasteiger partial charge in [-0.15, -0.1) is 0 Å². The highest BCUT2D eigenvalue weighted by atomic mass is 16.5. The zero-order valence-electron chi connectivity index (χ0n) is 15.8. The number of carbonyl (C=O) groups is 3. The van der Waals surface area contributed by atoms with Crippen LogP contribution in [0.1, 0.15) is 30.4 Å². The molecule has 1 N–H and O–H groups in total. The Hall–Kier alpha value is -2.41. The first kappa shape index (κ1) is 19.4. The molecule has 1 aromatic carbocycles. The first-order valence-electron chi connectivity index (χ1n) is 9.29. The van der Waals surface area contributed by atoms with Gasteiger partial charge in [-0.05, 0) is 24.8 Å². The number of amides is 2. The van der Waals surface area contributed by atoms with Crippen molar-refractivity contribution >= 4 is 17.8 Å². The van der Waals surface area contributed by atoms with Crippen LogP contribution in [0.5, 0.6) is 0 Å². The molecule has 27 heavy (non-hydrogen) atoms. The van der Waals surface area contributed by atoms with Crippen LogP contribution in [-0.4, -0.2) is 71.6 Å². The molecular formula is C20H26N2O5. The fourth-order valence-electron chi connectivity index (χ4n) is 3.63. The summed E-state index contributed by atoms with van der Waals surface area (Å²) in [4.78, 5) is 38.4. The monoisotopic (exact) mass is 374 g/mol. The van der Waals surface area contributed by atoms with Crippen molar-refractivity contribution in [2.24, 2.45) is 5.92 Å². The number of carboxylic acid groups (broad SMARTS) is 1. The van der Waals surface area contributed by atoms with E-state index in [1.807, 2.05) is 6.92 Å². The Kier molecular flexibility index (Phi) is 5.79. The van der Waals surface area contributed by atoms with Gasteiger partial charge in [0.05, 0.1) is 12.7 Å². The van der Waals surface area contributed by atoms with Gasteiger partial charge in [0.15, 0.2) is 0 Å². The number of aryl methyl sites for hydroxylation is 1. The first-order chi connectivity index (χ1) is 12.8. The Morgan fingerprint density at radius 2 is 1.96 bits per heavy atom. The van der Waals surface area contributed by atoms with Crippen LogP contribution in [0.25, 0.3) is 0 Å². The molecule has 0 aromatic heterocycles. The zero-order valence-corrected chi connectivity index (χ0v) is 15.8. The van der Waals surface area contributed by atoms with Crippen molar-refractivity contribution in [1.29, 1.82) is 0 Å². The lowest BCUT2D eigenvalue weighted by molar-refractivity contribution is -0.148. The minimum absolute atomic E-state index is 0.00869. The van der Waals surface area contributed by atoms with Crippen molar-refractivity contribution in [2.75, 3.05) is 32.8 Å². The zero-order chi connectivity index (χ0) is 19.6. The molecule has 0 bridgehead atoms. The topological polar surface area (TPSA) is 87.2 Å². The second-order valence-corrected chi connectivity index (χ2v) is 7.43. The van der Waals surface area contributed by atoms with Crippen LogP contribution < -0.4 is 0 Å². The van der Waals surface area contributed by atoms with Gasteiger partial charge in [0.2, 0.25) is 11.8 Å². The summed E-state index contributed by atoms with van der Waals surface area (Å²) in [5, 5.41) is 8.94. The summed E-state index contributed by atoms with van der Waals surface area (Å²) in [5.41, 5.74) is 2.41. The maximum atomic E-state index is 12.8. The smallest absolute Gasteiger partial charge is 0.323 e. The Morgan fingerprint density at radius 1 is 1.26 bits per heavy atom. The van der Waals surface area contributed by atoms with Gasteiger partial charge >= 0.3 is 5.97 Å². The van der Waals surface area contributed by atoms with Gasteiger partial charge < -0.3 is 19.6 Å². The highest BCUT2D eigenvalue weighted by molar-refractivity contribution is 5.83. The molecule has 0 radical (unpaired) electrons. The highest BCUT2D eigenvalue weighted by Crippen LogP contribution is 2.48. The van der Waals surface area contributed by atoms with Crippen molar-refractivity contribution in [3.8, 4) is 0 Å². The number of rotatable bonds is 6. The van der Waals surface area contributed by atoms with Gasteiger partial charge in [-0.2, -0.15) is 0 Å². The number of hydrogen-bond donors (Lipinski definition) is 1. The Bertz CT molecular complexity index is 718. The summed E-state index contributed by atoms with van der Waals surface area (Å²) >= 11 is 0. The molecule has 1 saturated carbocycles. The maximum Gasteiger partial charge on any atom is 0.323 e. The van der Waals surface area contributed by atoms with E-state index >= 15 is 0 Å². The molecule has 2 amide bonds. The van der Waals surface area contributed by atoms with Gasteiger partial charge in [0.1, 0.15) is 6.54 Å². The van der Waals surface area contributed by atoms with Crippen LogP contribution in [0.3, 0.4) is 0 Å². The van der Waals surface area contributed by atoms with Gasteiger partial charge in [0, 0.05) is 32.5 Å². The minimum Gasteiger partial charge on any atom is -0.480 e. The SMILES string of the molecule is CC(=O)N(CC(=O)O)CC1CN(C(=O)C2CC2c2ccc(C)cc2)CCO1. The van der Waals surface area contributed by atoms with E-state index in [-0.39, 0.29) is 42.8 Å². The molecule has 2 fully saturated rings. The molecule has 1 aliphatic carbocycles. The van der Waals surface area contributed by atoms with Gasteiger partial charge in [-0.25, -0.2) is 0 Å². The van der Waals surface area contributed by atoms with E-state index in [0.717, 1.165) is 6.42 Å². The van der Waals surface area contributed by atoms with Crippen molar-refractivity contribution in [3.05, 3.63) is 35.4 Å². The van der Waals surface area contributed by atoms with Crippen LogP contribution in [0.15, 0.2) is 24.3 Å². The van der Waals surface area contributed by atoms with Crippen LogP contribution in [0, 0.1) is 12.8 Å². The fraction of sp³-hybridized carbons (Fsp3) is 0.550. The average Bonchev–Trinajstić information content (AvgIpc) is 3.41. The van der Waals surface area contributed by atoms with E-state index in [0.29, 0.717) is 19.7 Å². The third-order valence-corrected chi connectivity index (χ3v) is 5.26. The van der Waals surface area contributed by atoms with Crippen molar-refractivity contribution < 1.29 is 24.2 Å². The average molecular weight is 374 g/mol. The van der Waals surface area contributed by atoms with Crippen LogP contribution in [0.4, 0.5) is 0 Å². The van der Waals surface area contributed by atoms with E-state index in [4.69, 9.17) is 9.84 Å². The molecule has 0 spiro atoms. The number of carbonyl (C=O) groups excluding carboxylic acids is 2. The summed E-state index contributed by atoms with van der Waals surface area (Å²) in [7, 11) is 0. The summed E-state index contributed by atoms with van der Waals surface area (Å²) in [6, 6.07) is 8.32. The molecule has 1 aliphatic heterocycles. The van der Waals surface area contributed by atoms with E-state index in [1.165, 1.54) is 23.0 Å². The van der Waals surface area contributed by atoms with Crippen molar-refractivity contribution in [1.82, 2.24) is 9.80 Å². The number of hydrogen-bond acceptors (Lipinski definition) is 4. The lowest BCUT2D eigenvalue weighted by Gasteiger charge is -2.35. The Labute approximate surface area is 158 Å². The number of aliphatic carboxylic acids is 1. The summed E-state index contributed by atoms with van der Waals surface area (Å²) in [6.07, 6.45) is 0.505. The number of ether oxygens (including phenoxy) is 1. The number of benzene rings is 1. The van der Waals surface area contributed by atoms with Gasteiger partial charge in [0.25, 0.3) is 0 Å². The standard InChI is InChI=1S/C20H26N2O5/c1-13-3-5-15(6-4-13)17-9-18(17)20(26)21-7-8-27-16(10-21)11-22(14(2)23)12-19(24)25/h3-6,16-18H,7-12H2,1-2H3,(H,24,25). The van der Waals surface area contributed by atoms with E-state index < -0.39 is 5.97 Å². The summed E-state index contributed by atoms with van der Waals surface area (Å²) in [6.45, 7) is 4.52. The van der Waals surface area contributed by atoms with Crippen LogP contribution in [-0.2, 0) is 19.1 Å². The Balaban J connectivity index is 1.56. The molecule has 1 heterocycles. The lowest BCUT2D eigenvalue weighted by Crippen LogP contribution is -2.51. The van der Waals surface area contributed by atoms with Crippen molar-refractivity contribution in [3.63, 3.8) is 0 Å². The van der Waals surface area contributed by atoms with Crippen molar-refractivity contribution in [2.45, 2.75) is 32.3 Å². The van der Waals surface area contributed by atoms with Crippen LogP contribution in [0.2, 0.25) is 0 Å². The summed E-state index contributed by atoms with van der Waals surface area (Å²) < 4.78 is 5.66. The van der Waals surface area contributed by atoms with E-state index in [9.17, 15) is 14.4 Å². The second kappa shape index (κ2) is 8.08. The van der Waals surface area contributed by atoms with Gasteiger partial charge in [-0.3, -0.25) is 14.4 Å². The fourth-order valence-corrected chi connectivity index (χ4v) is 3.63. The predicted molar refractivity (Wildman–Crippen MR) is 98.2 cm³/mol. The molecule has 1 saturated heterocycles. The predicted octanol–water partition coefficient (Wildman–Crippen LogP) is 1.26. The molecule has 7 heteroatoms. The third kappa shape index (κ3) is 4.86. The largest absolute Gasteiger partial charge is 0.480 e. The maximum absolute atomic E-state index is 12.8. The summed E-state index contributed by atoms with van der Waals surface area (Å²) in [5.74, 6) is -0.963. The normalized spacial score (nSPS) is 24.4. The second-order valence-electron chi connectivity index (χ2n) is 7.43. The molecule has 3 unspecified atom stereocenters. The number of morpholine rings is 1. The van der Waals surface area contributed by atoms with Crippen LogP contribution >= 0.6 is 0 Å². The third-order valence-electron chi connectivity index (χ3n) is 5.26. The number of nitrogens with zero attached hydrogens (tertiary/aromatic N) is 2. The quantitative estimate of drug-likeness (QED) is 0.810. The molecule has 2 aliphatic rings. The molecule has 3 atom stereocenters. The molecule has 3 rings (SSSR count). The number of carboxylic acids is 1. The minimum atomic E-state index is -1.06. The molecule has 146 valence electrons. The van der Waals surface area contributed by atoms with Gasteiger partial charge in [-0.1, -0.05) is 29.8 Å². The Morgan fingerprint density at radius 3 is 2.59 bits per heavy atom.